The number of hydrogen-bond acceptors (Lipinski definition) is 3. The van der Waals surface area contributed by atoms with Gasteiger partial charge < -0.3 is 15.5 Å². The summed E-state index contributed by atoms with van der Waals surface area (Å²) in [4.78, 5) is 13.9. The molecular formula is C11H23N3O. The van der Waals surface area contributed by atoms with E-state index in [2.05, 4.69) is 36.4 Å². The van der Waals surface area contributed by atoms with Crippen LogP contribution in [-0.4, -0.2) is 50.1 Å². The molecule has 1 aliphatic rings. The zero-order chi connectivity index (χ0) is 11.3. The van der Waals surface area contributed by atoms with Crippen LogP contribution in [0.1, 0.15) is 20.3 Å². The molecule has 1 aliphatic heterocycles. The van der Waals surface area contributed by atoms with Gasteiger partial charge in [-0.3, -0.25) is 4.79 Å². The SMILES string of the molecule is CC(C)NCCNC(=O)C1CCN(C)C1. The molecule has 1 atom stereocenters. The van der Waals surface area contributed by atoms with Gasteiger partial charge in [0.1, 0.15) is 0 Å². The molecule has 1 unspecified atom stereocenters. The van der Waals surface area contributed by atoms with Gasteiger partial charge in [-0.05, 0) is 20.0 Å². The van der Waals surface area contributed by atoms with Gasteiger partial charge in [-0.15, -0.1) is 0 Å². The van der Waals surface area contributed by atoms with Gasteiger partial charge in [0.05, 0.1) is 5.92 Å². The number of carbonyl (C=O) groups excluding carboxylic acids is 1. The summed E-state index contributed by atoms with van der Waals surface area (Å²) in [6.07, 6.45) is 1.000. The maximum Gasteiger partial charge on any atom is 0.224 e. The van der Waals surface area contributed by atoms with Crippen LogP contribution in [0, 0.1) is 5.92 Å². The molecule has 0 aromatic rings. The third kappa shape index (κ3) is 4.62. The fourth-order valence-corrected chi connectivity index (χ4v) is 1.84. The second-order valence-electron chi connectivity index (χ2n) is 4.65. The molecule has 4 nitrogen and oxygen atoms in total. The van der Waals surface area contributed by atoms with Crippen molar-refractivity contribution in [3.63, 3.8) is 0 Å². The Balaban J connectivity index is 2.08. The summed E-state index contributed by atoms with van der Waals surface area (Å²) in [5.74, 6) is 0.416. The van der Waals surface area contributed by atoms with E-state index in [1.807, 2.05) is 0 Å². The van der Waals surface area contributed by atoms with Gasteiger partial charge in [0.25, 0.3) is 0 Å². The summed E-state index contributed by atoms with van der Waals surface area (Å²) in [6.45, 7) is 7.75. The second-order valence-corrected chi connectivity index (χ2v) is 4.65. The van der Waals surface area contributed by atoms with E-state index in [4.69, 9.17) is 0 Å². The zero-order valence-corrected chi connectivity index (χ0v) is 10.0. The Kier molecular flexibility index (Phi) is 5.05. The lowest BCUT2D eigenvalue weighted by atomic mass is 10.1. The molecule has 1 rings (SSSR count). The number of rotatable bonds is 5. The molecule has 0 aromatic carbocycles. The van der Waals surface area contributed by atoms with Crippen molar-refractivity contribution in [3.8, 4) is 0 Å². The van der Waals surface area contributed by atoms with E-state index in [1.165, 1.54) is 0 Å². The first-order chi connectivity index (χ1) is 7.09. The highest BCUT2D eigenvalue weighted by molar-refractivity contribution is 5.79. The van der Waals surface area contributed by atoms with Crippen LogP contribution in [0.5, 0.6) is 0 Å². The lowest BCUT2D eigenvalue weighted by molar-refractivity contribution is -0.124. The van der Waals surface area contributed by atoms with Gasteiger partial charge >= 0.3 is 0 Å². The quantitative estimate of drug-likeness (QED) is 0.634. The minimum absolute atomic E-state index is 0.203. The molecule has 0 radical (unpaired) electrons. The monoisotopic (exact) mass is 213 g/mol. The van der Waals surface area contributed by atoms with E-state index in [0.29, 0.717) is 6.04 Å². The standard InChI is InChI=1S/C11H23N3O/c1-9(2)12-5-6-13-11(15)10-4-7-14(3)8-10/h9-10,12H,4-8H2,1-3H3,(H,13,15). The summed E-state index contributed by atoms with van der Waals surface area (Å²) in [5, 5.41) is 6.25. The van der Waals surface area contributed by atoms with E-state index in [1.54, 1.807) is 0 Å². The number of hydrogen-bond donors (Lipinski definition) is 2. The van der Waals surface area contributed by atoms with E-state index in [0.717, 1.165) is 32.6 Å². The predicted octanol–water partition coefficient (Wildman–Crippen LogP) is 0.0523. The Hall–Kier alpha value is -0.610. The number of likely N-dealkylation sites (tertiary alicyclic amines) is 1. The first kappa shape index (κ1) is 12.5. The molecule has 15 heavy (non-hydrogen) atoms. The Morgan fingerprint density at radius 1 is 1.47 bits per heavy atom. The van der Waals surface area contributed by atoms with Crippen LogP contribution in [0.15, 0.2) is 0 Å². The molecule has 0 aliphatic carbocycles. The van der Waals surface area contributed by atoms with Crippen LogP contribution in [0.4, 0.5) is 0 Å². The van der Waals surface area contributed by atoms with Crippen LogP contribution in [0.2, 0.25) is 0 Å². The largest absolute Gasteiger partial charge is 0.355 e. The molecule has 1 fully saturated rings. The van der Waals surface area contributed by atoms with Crippen molar-refractivity contribution in [2.24, 2.45) is 5.92 Å². The molecule has 4 heteroatoms. The van der Waals surface area contributed by atoms with Gasteiger partial charge in [-0.25, -0.2) is 0 Å². The molecule has 0 aromatic heterocycles. The number of nitrogens with zero attached hydrogens (tertiary/aromatic N) is 1. The molecule has 0 spiro atoms. The van der Waals surface area contributed by atoms with E-state index >= 15 is 0 Å². The number of carbonyl (C=O) groups is 1. The molecule has 1 heterocycles. The Morgan fingerprint density at radius 2 is 2.20 bits per heavy atom. The van der Waals surface area contributed by atoms with Gasteiger partial charge in [-0.1, -0.05) is 13.8 Å². The second kappa shape index (κ2) is 6.08. The van der Waals surface area contributed by atoms with Gasteiger partial charge in [0.15, 0.2) is 0 Å². The molecular weight excluding hydrogens is 190 g/mol. The maximum absolute atomic E-state index is 11.7. The average Bonchev–Trinajstić information content (AvgIpc) is 2.59. The Bertz CT molecular complexity index is 206. The van der Waals surface area contributed by atoms with E-state index in [-0.39, 0.29) is 11.8 Å². The number of nitrogens with one attached hydrogen (secondary N) is 2. The summed E-state index contributed by atoms with van der Waals surface area (Å²) in [7, 11) is 2.06. The Labute approximate surface area is 92.4 Å². The lowest BCUT2D eigenvalue weighted by Crippen LogP contribution is -2.38. The highest BCUT2D eigenvalue weighted by Crippen LogP contribution is 2.13. The summed E-state index contributed by atoms with van der Waals surface area (Å²) < 4.78 is 0. The van der Waals surface area contributed by atoms with Crippen LogP contribution in [0.25, 0.3) is 0 Å². The van der Waals surface area contributed by atoms with Gasteiger partial charge in [0.2, 0.25) is 5.91 Å². The minimum atomic E-state index is 0.203. The summed E-state index contributed by atoms with van der Waals surface area (Å²) >= 11 is 0. The van der Waals surface area contributed by atoms with Gasteiger partial charge in [-0.2, -0.15) is 0 Å². The molecule has 1 saturated heterocycles. The van der Waals surface area contributed by atoms with Crippen molar-refractivity contribution < 1.29 is 4.79 Å². The normalized spacial score (nSPS) is 22.3. The lowest BCUT2D eigenvalue weighted by Gasteiger charge is -2.12. The highest BCUT2D eigenvalue weighted by Gasteiger charge is 2.25. The third-order valence-corrected chi connectivity index (χ3v) is 2.74. The van der Waals surface area contributed by atoms with E-state index in [9.17, 15) is 4.79 Å². The average molecular weight is 213 g/mol. The molecule has 1 amide bonds. The van der Waals surface area contributed by atoms with Crippen molar-refractivity contribution >= 4 is 5.91 Å². The molecule has 2 N–H and O–H groups in total. The Morgan fingerprint density at radius 3 is 2.73 bits per heavy atom. The van der Waals surface area contributed by atoms with Crippen LogP contribution in [-0.2, 0) is 4.79 Å². The highest BCUT2D eigenvalue weighted by atomic mass is 16.1. The fraction of sp³-hybridized carbons (Fsp3) is 0.909. The number of amides is 1. The maximum atomic E-state index is 11.7. The van der Waals surface area contributed by atoms with Crippen molar-refractivity contribution in [1.29, 1.82) is 0 Å². The van der Waals surface area contributed by atoms with Crippen LogP contribution in [0.3, 0.4) is 0 Å². The molecule has 0 bridgehead atoms. The van der Waals surface area contributed by atoms with Crippen LogP contribution < -0.4 is 10.6 Å². The van der Waals surface area contributed by atoms with Gasteiger partial charge in [0, 0.05) is 25.7 Å². The first-order valence-corrected chi connectivity index (χ1v) is 5.79. The van der Waals surface area contributed by atoms with Crippen LogP contribution >= 0.6 is 0 Å². The summed E-state index contributed by atoms with van der Waals surface area (Å²) in [5.41, 5.74) is 0. The zero-order valence-electron chi connectivity index (χ0n) is 10.0. The third-order valence-electron chi connectivity index (χ3n) is 2.74. The topological polar surface area (TPSA) is 44.4 Å². The first-order valence-electron chi connectivity index (χ1n) is 5.79. The van der Waals surface area contributed by atoms with Crippen molar-refractivity contribution in [2.75, 3.05) is 33.2 Å². The molecule has 88 valence electrons. The fourth-order valence-electron chi connectivity index (χ4n) is 1.84. The molecule has 0 saturated carbocycles. The van der Waals surface area contributed by atoms with E-state index < -0.39 is 0 Å². The van der Waals surface area contributed by atoms with Crippen molar-refractivity contribution in [1.82, 2.24) is 15.5 Å². The van der Waals surface area contributed by atoms with Crippen molar-refractivity contribution in [2.45, 2.75) is 26.3 Å². The van der Waals surface area contributed by atoms with Crippen molar-refractivity contribution in [3.05, 3.63) is 0 Å². The predicted molar refractivity (Wildman–Crippen MR) is 61.8 cm³/mol. The summed E-state index contributed by atoms with van der Waals surface area (Å²) in [6, 6.07) is 0.486. The smallest absolute Gasteiger partial charge is 0.224 e. The minimum Gasteiger partial charge on any atom is -0.355 e.